The quantitative estimate of drug-likeness (QED) is 0.325. The zero-order valence-electron chi connectivity index (χ0n) is 18.0. The first-order valence-electron chi connectivity index (χ1n) is 10.6. The Hall–Kier alpha value is -3.68. The third kappa shape index (κ3) is 5.81. The van der Waals surface area contributed by atoms with E-state index in [0.717, 1.165) is 13.0 Å². The van der Waals surface area contributed by atoms with E-state index in [-0.39, 0.29) is 16.5 Å². The maximum Gasteiger partial charge on any atom is 0.257 e. The van der Waals surface area contributed by atoms with Crippen molar-refractivity contribution >= 4 is 40.7 Å². The number of hydrogen-bond acceptors (Lipinski definition) is 4. The number of aromatic nitrogens is 3. The summed E-state index contributed by atoms with van der Waals surface area (Å²) >= 11 is 12.6. The standard InChI is InChI=1S/C25H21Cl2N5O2/c26-21-8-6-18(15-20(21)23-4-1-2-9-29-23)31-25(34)19-7-5-17(14-22(19)27)24(33)30-10-3-12-32-13-11-28-16-32/h1-2,4-9,11,13-16H,3,10,12H2,(H,30,33)(H,31,34). The van der Waals surface area contributed by atoms with Gasteiger partial charge in [-0.25, -0.2) is 4.98 Å². The van der Waals surface area contributed by atoms with Crippen LogP contribution in [0.15, 0.2) is 79.5 Å². The maximum absolute atomic E-state index is 12.8. The second kappa shape index (κ2) is 11.0. The molecule has 0 atom stereocenters. The lowest BCUT2D eigenvalue weighted by atomic mass is 10.1. The largest absolute Gasteiger partial charge is 0.352 e. The lowest BCUT2D eigenvalue weighted by molar-refractivity contribution is 0.0951. The third-order valence-corrected chi connectivity index (χ3v) is 5.72. The van der Waals surface area contributed by atoms with Crippen molar-refractivity contribution in [2.45, 2.75) is 13.0 Å². The fourth-order valence-corrected chi connectivity index (χ4v) is 3.83. The Labute approximate surface area is 206 Å². The van der Waals surface area contributed by atoms with Crippen LogP contribution in [0.1, 0.15) is 27.1 Å². The zero-order chi connectivity index (χ0) is 23.9. The summed E-state index contributed by atoms with van der Waals surface area (Å²) in [5.41, 5.74) is 2.58. The van der Waals surface area contributed by atoms with Gasteiger partial charge >= 0.3 is 0 Å². The van der Waals surface area contributed by atoms with E-state index >= 15 is 0 Å². The third-order valence-electron chi connectivity index (χ3n) is 5.08. The van der Waals surface area contributed by atoms with Crippen LogP contribution < -0.4 is 10.6 Å². The molecule has 7 nitrogen and oxygen atoms in total. The summed E-state index contributed by atoms with van der Waals surface area (Å²) in [5, 5.41) is 6.38. The molecular formula is C25H21Cl2N5O2. The molecule has 2 heterocycles. The molecule has 0 fully saturated rings. The molecule has 0 aliphatic rings. The number of nitrogens with one attached hydrogen (secondary N) is 2. The molecule has 4 aromatic rings. The van der Waals surface area contributed by atoms with Crippen molar-refractivity contribution in [3.63, 3.8) is 0 Å². The van der Waals surface area contributed by atoms with E-state index in [1.54, 1.807) is 43.0 Å². The fourth-order valence-electron chi connectivity index (χ4n) is 3.34. The molecule has 0 bridgehead atoms. The van der Waals surface area contributed by atoms with E-state index in [2.05, 4.69) is 20.6 Å². The summed E-state index contributed by atoms with van der Waals surface area (Å²) in [7, 11) is 0. The number of nitrogens with zero attached hydrogens (tertiary/aromatic N) is 3. The van der Waals surface area contributed by atoms with Crippen LogP contribution in [0.2, 0.25) is 10.0 Å². The van der Waals surface area contributed by atoms with E-state index in [9.17, 15) is 9.59 Å². The number of carbonyl (C=O) groups is 2. The Bertz CT molecular complexity index is 1290. The lowest BCUT2D eigenvalue weighted by Crippen LogP contribution is -2.25. The summed E-state index contributed by atoms with van der Waals surface area (Å²) in [5.74, 6) is -0.649. The number of amides is 2. The monoisotopic (exact) mass is 493 g/mol. The summed E-state index contributed by atoms with van der Waals surface area (Å²) in [6.45, 7) is 1.26. The van der Waals surface area contributed by atoms with Crippen LogP contribution in [0, 0.1) is 0 Å². The predicted octanol–water partition coefficient (Wildman–Crippen LogP) is 5.32. The van der Waals surface area contributed by atoms with Gasteiger partial charge in [0.05, 0.1) is 27.6 Å². The van der Waals surface area contributed by atoms with Crippen LogP contribution in [-0.2, 0) is 6.54 Å². The molecule has 4 rings (SSSR count). The summed E-state index contributed by atoms with van der Waals surface area (Å²) in [4.78, 5) is 33.5. The van der Waals surface area contributed by atoms with Gasteiger partial charge < -0.3 is 15.2 Å². The van der Waals surface area contributed by atoms with Gasteiger partial charge in [0.1, 0.15) is 0 Å². The van der Waals surface area contributed by atoms with E-state index < -0.39 is 5.91 Å². The Morgan fingerprint density at radius 3 is 2.56 bits per heavy atom. The van der Waals surface area contributed by atoms with Crippen LogP contribution in [0.5, 0.6) is 0 Å². The smallest absolute Gasteiger partial charge is 0.257 e. The molecule has 0 spiro atoms. The Morgan fingerprint density at radius 2 is 1.82 bits per heavy atom. The van der Waals surface area contributed by atoms with Crippen LogP contribution in [-0.4, -0.2) is 32.9 Å². The number of benzene rings is 2. The molecule has 0 unspecified atom stereocenters. The highest BCUT2D eigenvalue weighted by atomic mass is 35.5. The van der Waals surface area contributed by atoms with Crippen molar-refractivity contribution in [1.82, 2.24) is 19.9 Å². The molecule has 2 N–H and O–H groups in total. The highest BCUT2D eigenvalue weighted by Gasteiger charge is 2.15. The zero-order valence-corrected chi connectivity index (χ0v) is 19.6. The minimum absolute atomic E-state index is 0.183. The van der Waals surface area contributed by atoms with Gasteiger partial charge in [-0.05, 0) is 55.0 Å². The SMILES string of the molecule is O=C(NCCCn1ccnc1)c1ccc(C(=O)Nc2ccc(Cl)c(-c3ccccn3)c2)c(Cl)c1. The maximum atomic E-state index is 12.8. The van der Waals surface area contributed by atoms with Crippen LogP contribution in [0.25, 0.3) is 11.3 Å². The van der Waals surface area contributed by atoms with Gasteiger partial charge in [0, 0.05) is 48.5 Å². The molecule has 2 aromatic carbocycles. The number of anilines is 1. The Balaban J connectivity index is 1.39. The minimum atomic E-state index is -0.397. The molecule has 0 saturated heterocycles. The van der Waals surface area contributed by atoms with Gasteiger partial charge in [0.15, 0.2) is 0 Å². The highest BCUT2D eigenvalue weighted by Crippen LogP contribution is 2.29. The number of aryl methyl sites for hydroxylation is 1. The molecule has 2 amide bonds. The van der Waals surface area contributed by atoms with E-state index in [4.69, 9.17) is 23.2 Å². The van der Waals surface area contributed by atoms with Gasteiger partial charge in [-0.3, -0.25) is 14.6 Å². The molecule has 0 aliphatic carbocycles. The summed E-state index contributed by atoms with van der Waals surface area (Å²) in [6.07, 6.45) is 7.75. The molecule has 2 aromatic heterocycles. The Kier molecular flexibility index (Phi) is 7.57. The van der Waals surface area contributed by atoms with Crippen molar-refractivity contribution in [3.8, 4) is 11.3 Å². The second-order valence-corrected chi connectivity index (χ2v) is 8.28. The molecule has 172 valence electrons. The van der Waals surface area contributed by atoms with E-state index in [0.29, 0.717) is 34.1 Å². The topological polar surface area (TPSA) is 88.9 Å². The molecule has 0 saturated carbocycles. The number of hydrogen-bond donors (Lipinski definition) is 2. The fraction of sp³-hybridized carbons (Fsp3) is 0.120. The molecular weight excluding hydrogens is 473 g/mol. The minimum Gasteiger partial charge on any atom is -0.352 e. The molecule has 0 radical (unpaired) electrons. The van der Waals surface area contributed by atoms with Gasteiger partial charge in [-0.1, -0.05) is 29.3 Å². The highest BCUT2D eigenvalue weighted by molar-refractivity contribution is 6.35. The second-order valence-electron chi connectivity index (χ2n) is 7.47. The first-order chi connectivity index (χ1) is 16.5. The lowest BCUT2D eigenvalue weighted by Gasteiger charge is -2.11. The summed E-state index contributed by atoms with van der Waals surface area (Å²) < 4.78 is 1.94. The average Bonchev–Trinajstić information content (AvgIpc) is 3.37. The van der Waals surface area contributed by atoms with Crippen LogP contribution >= 0.6 is 23.2 Å². The van der Waals surface area contributed by atoms with Crippen molar-refractivity contribution < 1.29 is 9.59 Å². The van der Waals surface area contributed by atoms with Crippen molar-refractivity contribution in [3.05, 3.63) is 101 Å². The predicted molar refractivity (Wildman–Crippen MR) is 133 cm³/mol. The van der Waals surface area contributed by atoms with Crippen LogP contribution in [0.4, 0.5) is 5.69 Å². The normalized spacial score (nSPS) is 10.6. The number of halogens is 2. The van der Waals surface area contributed by atoms with Gasteiger partial charge in [0.25, 0.3) is 11.8 Å². The number of imidazole rings is 1. The molecule has 34 heavy (non-hydrogen) atoms. The average molecular weight is 494 g/mol. The first kappa shape index (κ1) is 23.5. The molecule has 0 aliphatic heterocycles. The van der Waals surface area contributed by atoms with Crippen molar-refractivity contribution in [1.29, 1.82) is 0 Å². The molecule has 9 heteroatoms. The van der Waals surface area contributed by atoms with Gasteiger partial charge in [-0.15, -0.1) is 0 Å². The van der Waals surface area contributed by atoms with E-state index in [1.165, 1.54) is 12.1 Å². The van der Waals surface area contributed by atoms with E-state index in [1.807, 2.05) is 29.0 Å². The number of pyridine rings is 1. The van der Waals surface area contributed by atoms with Crippen molar-refractivity contribution in [2.75, 3.05) is 11.9 Å². The Morgan fingerprint density at radius 1 is 0.941 bits per heavy atom. The first-order valence-corrected chi connectivity index (χ1v) is 11.3. The van der Waals surface area contributed by atoms with Crippen molar-refractivity contribution in [2.24, 2.45) is 0 Å². The number of rotatable bonds is 8. The van der Waals surface area contributed by atoms with Gasteiger partial charge in [-0.2, -0.15) is 0 Å². The summed E-state index contributed by atoms with van der Waals surface area (Å²) in [6, 6.07) is 15.3. The van der Waals surface area contributed by atoms with Crippen LogP contribution in [0.3, 0.4) is 0 Å². The van der Waals surface area contributed by atoms with Gasteiger partial charge in [0.2, 0.25) is 0 Å². The number of carbonyl (C=O) groups excluding carboxylic acids is 2.